The van der Waals surface area contributed by atoms with E-state index in [1.807, 2.05) is 0 Å². The van der Waals surface area contributed by atoms with Crippen molar-refractivity contribution in [3.05, 3.63) is 0 Å². The molecule has 4 N–H and O–H groups in total. The van der Waals surface area contributed by atoms with Gasteiger partial charge in [-0.1, -0.05) is 28.2 Å². The van der Waals surface area contributed by atoms with E-state index in [9.17, 15) is 14.4 Å². The lowest BCUT2D eigenvalue weighted by atomic mass is 9.76. The number of carbonyl (C=O) groups excluding carboxylic acids is 2. The zero-order valence-corrected chi connectivity index (χ0v) is 16.4. The molecule has 0 spiro atoms. The molecule has 3 aliphatic rings. The number of carbonyl (C=O) groups is 3. The minimum Gasteiger partial charge on any atom is -0.481 e. The Morgan fingerprint density at radius 1 is 0.852 bits per heavy atom. The molecule has 7 heteroatoms. The molecule has 3 rings (SSSR count). The van der Waals surface area contributed by atoms with E-state index >= 15 is 0 Å². The summed E-state index contributed by atoms with van der Waals surface area (Å²) in [6, 6.07) is 0. The Balaban J connectivity index is 0.000000369. The maximum absolute atomic E-state index is 10.7. The first kappa shape index (κ1) is 25.4. The van der Waals surface area contributed by atoms with Crippen molar-refractivity contribution in [2.45, 2.75) is 66.7 Å². The van der Waals surface area contributed by atoms with Crippen molar-refractivity contribution in [1.29, 1.82) is 0 Å². The number of nitrogens with two attached hydrogens (primary N) is 1. The van der Waals surface area contributed by atoms with Crippen LogP contribution in [-0.2, 0) is 19.1 Å². The van der Waals surface area contributed by atoms with Crippen molar-refractivity contribution < 1.29 is 24.2 Å². The summed E-state index contributed by atoms with van der Waals surface area (Å²) >= 11 is 0. The van der Waals surface area contributed by atoms with Gasteiger partial charge >= 0.3 is 11.9 Å². The topological polar surface area (TPSA) is 119 Å². The Labute approximate surface area is 163 Å². The number of carboxylic acids is 1. The average molecular weight is 387 g/mol. The van der Waals surface area contributed by atoms with Gasteiger partial charge in [0.1, 0.15) is 0 Å². The van der Waals surface area contributed by atoms with Crippen LogP contribution in [0.2, 0.25) is 0 Å². The molecule has 0 aromatic carbocycles. The highest BCUT2D eigenvalue weighted by Crippen LogP contribution is 2.34. The first-order chi connectivity index (χ1) is 12.2. The number of esters is 1. The maximum Gasteiger partial charge on any atom is 0.308 e. The first-order valence-electron chi connectivity index (χ1n) is 9.48. The molecule has 0 aromatic heterocycles. The van der Waals surface area contributed by atoms with Gasteiger partial charge < -0.3 is 9.84 Å². The van der Waals surface area contributed by atoms with Gasteiger partial charge in [-0.2, -0.15) is 0 Å². The fraction of sp³-hybridized carbons (Fsp3) is 0.850. The molecule has 3 aliphatic carbocycles. The highest BCUT2D eigenvalue weighted by atomic mass is 16.5. The van der Waals surface area contributed by atoms with E-state index in [0.717, 1.165) is 44.4 Å². The van der Waals surface area contributed by atoms with Crippen molar-refractivity contribution in [3.63, 3.8) is 0 Å². The summed E-state index contributed by atoms with van der Waals surface area (Å²) in [5, 5.41) is 8.35. The van der Waals surface area contributed by atoms with Crippen LogP contribution in [0.5, 0.6) is 0 Å². The Hall–Kier alpha value is -1.63. The highest BCUT2D eigenvalue weighted by molar-refractivity contribution is 5.78. The Morgan fingerprint density at radius 2 is 1.22 bits per heavy atom. The van der Waals surface area contributed by atoms with Gasteiger partial charge in [0.15, 0.2) is 0 Å². The van der Waals surface area contributed by atoms with E-state index in [1.54, 1.807) is 0 Å². The monoisotopic (exact) mass is 386 g/mol. The van der Waals surface area contributed by atoms with Crippen molar-refractivity contribution >= 4 is 17.8 Å². The predicted molar refractivity (Wildman–Crippen MR) is 104 cm³/mol. The van der Waals surface area contributed by atoms with Crippen LogP contribution in [0.1, 0.15) is 66.7 Å². The van der Waals surface area contributed by atoms with Gasteiger partial charge in [0, 0.05) is 5.92 Å². The normalized spacial score (nSPS) is 32.8. The summed E-state index contributed by atoms with van der Waals surface area (Å²) in [6.07, 6.45) is 5.82. The maximum atomic E-state index is 10.7. The van der Waals surface area contributed by atoms with Crippen molar-refractivity contribution in [2.24, 2.45) is 41.4 Å². The van der Waals surface area contributed by atoms with Gasteiger partial charge in [0.25, 0.3) is 0 Å². The number of rotatable bonds is 3. The second kappa shape index (κ2) is 12.0. The molecule has 0 bridgehead atoms. The summed E-state index contributed by atoms with van der Waals surface area (Å²) in [5.74, 6) is 6.75. The molecule has 0 heterocycles. The van der Waals surface area contributed by atoms with Crippen LogP contribution in [0.15, 0.2) is 0 Å². The standard InChI is InChI=1S/C7H12O2.C6H12N2O.C6H10O2.CH4/c1-5-3-6(4-5)7(8)9-2;1-4-2-5(3-4)6(9)8-7;1-4-2-5(3-4)6(7)8;/h5-6H,3-4H2,1-2H3;4-5H,2-3,7H2,1H3,(H,8,9);4-5H,2-3H2,1H3,(H,7,8);1H4. The number of hydrazine groups is 1. The van der Waals surface area contributed by atoms with Crippen LogP contribution in [0.4, 0.5) is 0 Å². The van der Waals surface area contributed by atoms with Crippen LogP contribution in [0.25, 0.3) is 0 Å². The number of carboxylic acid groups (broad SMARTS) is 1. The molecular weight excluding hydrogens is 348 g/mol. The Morgan fingerprint density at radius 3 is 1.48 bits per heavy atom. The second-order valence-electron chi connectivity index (χ2n) is 8.19. The van der Waals surface area contributed by atoms with Crippen LogP contribution in [0, 0.1) is 35.5 Å². The average Bonchev–Trinajstić information content (AvgIpc) is 2.52. The van der Waals surface area contributed by atoms with Gasteiger partial charge in [0.05, 0.1) is 18.9 Å². The van der Waals surface area contributed by atoms with Gasteiger partial charge in [0.2, 0.25) is 5.91 Å². The molecule has 0 unspecified atom stereocenters. The van der Waals surface area contributed by atoms with Gasteiger partial charge in [-0.15, -0.1) is 0 Å². The van der Waals surface area contributed by atoms with Crippen LogP contribution >= 0.6 is 0 Å². The Kier molecular flexibility index (Phi) is 11.2. The molecule has 0 atom stereocenters. The number of nitrogens with one attached hydrogen (secondary N) is 1. The van der Waals surface area contributed by atoms with E-state index in [1.165, 1.54) is 7.11 Å². The third kappa shape index (κ3) is 8.28. The molecule has 158 valence electrons. The van der Waals surface area contributed by atoms with Gasteiger partial charge in [-0.25, -0.2) is 5.84 Å². The number of aliphatic carboxylic acids is 1. The smallest absolute Gasteiger partial charge is 0.308 e. The molecule has 3 fully saturated rings. The van der Waals surface area contributed by atoms with E-state index in [4.69, 9.17) is 10.9 Å². The number of ether oxygens (including phenoxy) is 1. The third-order valence-corrected chi connectivity index (χ3v) is 5.52. The van der Waals surface area contributed by atoms with Crippen LogP contribution in [-0.4, -0.2) is 30.1 Å². The molecule has 27 heavy (non-hydrogen) atoms. The van der Waals surface area contributed by atoms with Crippen molar-refractivity contribution in [1.82, 2.24) is 5.43 Å². The fourth-order valence-corrected chi connectivity index (χ4v) is 3.60. The first-order valence-corrected chi connectivity index (χ1v) is 9.48. The Bertz CT molecular complexity index is 449. The van der Waals surface area contributed by atoms with Crippen LogP contribution < -0.4 is 11.3 Å². The van der Waals surface area contributed by atoms with E-state index < -0.39 is 5.97 Å². The van der Waals surface area contributed by atoms with E-state index in [0.29, 0.717) is 11.8 Å². The lowest BCUT2D eigenvalue weighted by molar-refractivity contribution is -0.150. The molecular formula is C20H38N2O5. The second-order valence-corrected chi connectivity index (χ2v) is 8.19. The SMILES string of the molecule is C.CC1CC(C(=O)NN)C1.CC1CC(C(=O)O)C1.COC(=O)C1CC(C)C1. The fourth-order valence-electron chi connectivity index (χ4n) is 3.60. The van der Waals surface area contributed by atoms with Crippen molar-refractivity contribution in [2.75, 3.05) is 7.11 Å². The summed E-state index contributed by atoms with van der Waals surface area (Å²) in [6.45, 7) is 6.37. The lowest BCUT2D eigenvalue weighted by Crippen LogP contribution is -2.41. The molecule has 0 aromatic rings. The predicted octanol–water partition coefficient (Wildman–Crippen LogP) is 2.98. The zero-order chi connectivity index (χ0) is 19.9. The number of hydrogen-bond donors (Lipinski definition) is 3. The molecule has 7 nitrogen and oxygen atoms in total. The largest absolute Gasteiger partial charge is 0.481 e. The summed E-state index contributed by atoms with van der Waals surface area (Å²) in [5.41, 5.74) is 2.15. The van der Waals surface area contributed by atoms with Crippen molar-refractivity contribution in [3.8, 4) is 0 Å². The number of methoxy groups -OCH3 is 1. The molecule has 0 saturated heterocycles. The number of hydrogen-bond acceptors (Lipinski definition) is 5. The number of amides is 1. The summed E-state index contributed by atoms with van der Waals surface area (Å²) in [4.78, 5) is 31.5. The zero-order valence-electron chi connectivity index (χ0n) is 16.4. The summed E-state index contributed by atoms with van der Waals surface area (Å²) in [7, 11) is 1.45. The lowest BCUT2D eigenvalue weighted by Gasteiger charge is -2.30. The third-order valence-electron chi connectivity index (χ3n) is 5.52. The minimum absolute atomic E-state index is 0. The van der Waals surface area contributed by atoms with E-state index in [-0.39, 0.29) is 37.1 Å². The highest BCUT2D eigenvalue weighted by Gasteiger charge is 2.32. The molecule has 3 saturated carbocycles. The molecule has 0 radical (unpaired) electrons. The van der Waals surface area contributed by atoms with Gasteiger partial charge in [-0.3, -0.25) is 19.8 Å². The summed E-state index contributed by atoms with van der Waals surface area (Å²) < 4.78 is 4.56. The van der Waals surface area contributed by atoms with Crippen LogP contribution in [0.3, 0.4) is 0 Å². The minimum atomic E-state index is -0.622. The van der Waals surface area contributed by atoms with E-state index in [2.05, 4.69) is 30.9 Å². The molecule has 1 amide bonds. The molecule has 0 aliphatic heterocycles. The quantitative estimate of drug-likeness (QED) is 0.297. The van der Waals surface area contributed by atoms with Gasteiger partial charge in [-0.05, 0) is 56.3 Å².